The van der Waals surface area contributed by atoms with E-state index < -0.39 is 6.29 Å². The highest BCUT2D eigenvalue weighted by molar-refractivity contribution is 5.68. The van der Waals surface area contributed by atoms with Crippen molar-refractivity contribution in [3.8, 4) is 0 Å². The number of carbonyl (C=O) groups excluding carboxylic acids is 1. The van der Waals surface area contributed by atoms with E-state index in [2.05, 4.69) is 0 Å². The van der Waals surface area contributed by atoms with Crippen molar-refractivity contribution in [1.29, 1.82) is 0 Å². The van der Waals surface area contributed by atoms with Gasteiger partial charge in [-0.15, -0.1) is 0 Å². The Balaban J connectivity index is 2.19. The van der Waals surface area contributed by atoms with Gasteiger partial charge in [0, 0.05) is 6.42 Å². The van der Waals surface area contributed by atoms with Gasteiger partial charge in [0.25, 0.3) is 0 Å². The molecule has 0 saturated carbocycles. The van der Waals surface area contributed by atoms with E-state index in [-0.39, 0.29) is 5.97 Å². The summed E-state index contributed by atoms with van der Waals surface area (Å²) in [6, 6.07) is 0. The van der Waals surface area contributed by atoms with Gasteiger partial charge in [-0.1, -0.05) is 6.92 Å². The molecule has 0 radical (unpaired) electrons. The maximum atomic E-state index is 10.7. The second kappa shape index (κ2) is 4.31. The summed E-state index contributed by atoms with van der Waals surface area (Å²) in [5, 5.41) is 0. The zero-order chi connectivity index (χ0) is 8.10. The van der Waals surface area contributed by atoms with Crippen LogP contribution >= 0.6 is 0 Å². The zero-order valence-electron chi connectivity index (χ0n) is 6.54. The molecular weight excluding hydrogens is 148 g/mol. The maximum Gasteiger partial charge on any atom is 0.307 e. The molecule has 0 amide bonds. The molecule has 1 unspecified atom stereocenters. The van der Waals surface area contributed by atoms with Crippen LogP contribution in [0.1, 0.15) is 13.3 Å². The lowest BCUT2D eigenvalue weighted by Crippen LogP contribution is -2.32. The topological polar surface area (TPSA) is 44.8 Å². The first-order valence-corrected chi connectivity index (χ1v) is 3.71. The van der Waals surface area contributed by atoms with Crippen LogP contribution in [0.5, 0.6) is 0 Å². The van der Waals surface area contributed by atoms with E-state index in [1.54, 1.807) is 6.92 Å². The summed E-state index contributed by atoms with van der Waals surface area (Å²) in [6.07, 6.45) is -0.115. The Kier molecular flexibility index (Phi) is 3.32. The summed E-state index contributed by atoms with van der Waals surface area (Å²) in [7, 11) is 0. The molecule has 0 aromatic carbocycles. The van der Waals surface area contributed by atoms with Gasteiger partial charge in [0.05, 0.1) is 13.2 Å². The van der Waals surface area contributed by atoms with Crippen LogP contribution in [0.2, 0.25) is 0 Å². The molecule has 1 saturated heterocycles. The van der Waals surface area contributed by atoms with Crippen molar-refractivity contribution in [2.75, 3.05) is 19.8 Å². The molecule has 4 nitrogen and oxygen atoms in total. The second-order valence-corrected chi connectivity index (χ2v) is 2.22. The van der Waals surface area contributed by atoms with Gasteiger partial charge in [-0.3, -0.25) is 4.79 Å². The van der Waals surface area contributed by atoms with Crippen LogP contribution in [0.15, 0.2) is 0 Å². The van der Waals surface area contributed by atoms with Crippen molar-refractivity contribution >= 4 is 5.97 Å². The van der Waals surface area contributed by atoms with E-state index >= 15 is 0 Å². The molecule has 1 aliphatic rings. The third-order valence-corrected chi connectivity index (χ3v) is 1.34. The van der Waals surface area contributed by atoms with Crippen molar-refractivity contribution in [1.82, 2.24) is 0 Å². The first kappa shape index (κ1) is 8.49. The van der Waals surface area contributed by atoms with Crippen LogP contribution < -0.4 is 0 Å². The number of hydrogen-bond donors (Lipinski definition) is 0. The fraction of sp³-hybridized carbons (Fsp3) is 0.857. The normalized spacial score (nSPS) is 24.6. The van der Waals surface area contributed by atoms with E-state index in [1.807, 2.05) is 0 Å². The highest BCUT2D eigenvalue weighted by Crippen LogP contribution is 2.03. The third kappa shape index (κ3) is 2.86. The Labute approximate surface area is 65.4 Å². The highest BCUT2D eigenvalue weighted by atomic mass is 16.7. The smallest absolute Gasteiger partial charge is 0.307 e. The Morgan fingerprint density at radius 1 is 1.64 bits per heavy atom. The van der Waals surface area contributed by atoms with Crippen LogP contribution in [0.4, 0.5) is 0 Å². The molecular formula is C7H12O4. The van der Waals surface area contributed by atoms with Crippen LogP contribution in [-0.4, -0.2) is 32.1 Å². The molecule has 0 spiro atoms. The lowest BCUT2D eigenvalue weighted by atomic mass is 10.5. The number of hydrogen-bond acceptors (Lipinski definition) is 4. The van der Waals surface area contributed by atoms with Crippen LogP contribution in [-0.2, 0) is 19.0 Å². The minimum atomic E-state index is -0.490. The Bertz CT molecular complexity index is 128. The first-order valence-electron chi connectivity index (χ1n) is 3.71. The van der Waals surface area contributed by atoms with Crippen molar-refractivity contribution in [2.24, 2.45) is 0 Å². The van der Waals surface area contributed by atoms with Crippen LogP contribution in [0.3, 0.4) is 0 Å². The molecule has 1 aliphatic heterocycles. The second-order valence-electron chi connectivity index (χ2n) is 2.22. The molecule has 1 rings (SSSR count). The predicted octanol–water partition coefficient (Wildman–Crippen LogP) is 0.312. The lowest BCUT2D eigenvalue weighted by molar-refractivity contribution is -0.213. The minimum absolute atomic E-state index is 0.250. The van der Waals surface area contributed by atoms with E-state index in [1.165, 1.54) is 0 Å². The van der Waals surface area contributed by atoms with Crippen LogP contribution in [0.25, 0.3) is 0 Å². The zero-order valence-corrected chi connectivity index (χ0v) is 6.54. The molecule has 0 N–H and O–H groups in total. The number of esters is 1. The molecule has 0 bridgehead atoms. The molecule has 64 valence electrons. The van der Waals surface area contributed by atoms with E-state index in [9.17, 15) is 4.79 Å². The average molecular weight is 160 g/mol. The largest absolute Gasteiger partial charge is 0.433 e. The molecule has 0 aromatic heterocycles. The van der Waals surface area contributed by atoms with Crippen LogP contribution in [0, 0.1) is 0 Å². The Morgan fingerprint density at radius 3 is 3.00 bits per heavy atom. The molecule has 1 atom stereocenters. The molecule has 0 aliphatic carbocycles. The number of ether oxygens (including phenoxy) is 3. The lowest BCUT2D eigenvalue weighted by Gasteiger charge is -2.22. The van der Waals surface area contributed by atoms with Crippen molar-refractivity contribution < 1.29 is 19.0 Å². The first-order chi connectivity index (χ1) is 5.33. The molecule has 1 fully saturated rings. The Hall–Kier alpha value is -0.610. The van der Waals surface area contributed by atoms with Gasteiger partial charge >= 0.3 is 5.97 Å². The number of carbonyl (C=O) groups is 1. The summed E-state index contributed by atoms with van der Waals surface area (Å²) >= 11 is 0. The average Bonchev–Trinajstić information content (AvgIpc) is 2.06. The van der Waals surface area contributed by atoms with Gasteiger partial charge in [-0.05, 0) is 0 Å². The van der Waals surface area contributed by atoms with Gasteiger partial charge in [-0.25, -0.2) is 0 Å². The summed E-state index contributed by atoms with van der Waals surface area (Å²) in [5.41, 5.74) is 0. The van der Waals surface area contributed by atoms with Crippen molar-refractivity contribution in [2.45, 2.75) is 19.6 Å². The SMILES string of the molecule is CCC(=O)OC1COCCO1. The van der Waals surface area contributed by atoms with Gasteiger partial charge in [0.1, 0.15) is 6.61 Å². The fourth-order valence-corrected chi connectivity index (χ4v) is 0.764. The maximum absolute atomic E-state index is 10.7. The molecule has 11 heavy (non-hydrogen) atoms. The molecule has 0 aromatic rings. The van der Waals surface area contributed by atoms with E-state index in [0.29, 0.717) is 26.2 Å². The standard InChI is InChI=1S/C7H12O4/c1-2-6(8)11-7-5-9-3-4-10-7/h7H,2-5H2,1H3. The van der Waals surface area contributed by atoms with Crippen molar-refractivity contribution in [3.63, 3.8) is 0 Å². The van der Waals surface area contributed by atoms with Gasteiger partial charge in [-0.2, -0.15) is 0 Å². The summed E-state index contributed by atoms with van der Waals surface area (Å²) in [5.74, 6) is -0.250. The van der Waals surface area contributed by atoms with Crippen molar-refractivity contribution in [3.05, 3.63) is 0 Å². The van der Waals surface area contributed by atoms with Gasteiger partial charge < -0.3 is 14.2 Å². The minimum Gasteiger partial charge on any atom is -0.433 e. The third-order valence-electron chi connectivity index (χ3n) is 1.34. The predicted molar refractivity (Wildman–Crippen MR) is 36.9 cm³/mol. The van der Waals surface area contributed by atoms with E-state index in [4.69, 9.17) is 14.2 Å². The Morgan fingerprint density at radius 2 is 2.45 bits per heavy atom. The number of rotatable bonds is 2. The fourth-order valence-electron chi connectivity index (χ4n) is 0.764. The summed E-state index contributed by atoms with van der Waals surface area (Å²) < 4.78 is 15.0. The summed E-state index contributed by atoms with van der Waals surface area (Å²) in [4.78, 5) is 10.7. The van der Waals surface area contributed by atoms with Gasteiger partial charge in [0.15, 0.2) is 0 Å². The quantitative estimate of drug-likeness (QED) is 0.545. The molecule has 1 heterocycles. The summed E-state index contributed by atoms with van der Waals surface area (Å²) in [6.45, 7) is 3.18. The molecule has 4 heteroatoms. The monoisotopic (exact) mass is 160 g/mol. The highest BCUT2D eigenvalue weighted by Gasteiger charge is 2.17. The van der Waals surface area contributed by atoms with E-state index in [0.717, 1.165) is 0 Å². The van der Waals surface area contributed by atoms with Gasteiger partial charge in [0.2, 0.25) is 6.29 Å².